The fraction of sp³-hybridized carbons (Fsp3) is 0.684. The fourth-order valence-corrected chi connectivity index (χ4v) is 3.93. The van der Waals surface area contributed by atoms with Crippen molar-refractivity contribution in [2.24, 2.45) is 0 Å². The average molecular weight is 293 g/mol. The van der Waals surface area contributed by atoms with Crippen LogP contribution in [0.3, 0.4) is 0 Å². The first-order valence-corrected chi connectivity index (χ1v) is 9.34. The Morgan fingerprint density at radius 3 is 1.80 bits per heavy atom. The molecule has 0 amide bonds. The summed E-state index contributed by atoms with van der Waals surface area (Å²) in [7, 11) is 0. The Labute approximate surface area is 130 Å². The summed E-state index contributed by atoms with van der Waals surface area (Å²) in [5.41, 5.74) is 4.29. The summed E-state index contributed by atoms with van der Waals surface area (Å²) in [5.74, 6) is 1.28. The van der Waals surface area contributed by atoms with Gasteiger partial charge in [-0.05, 0) is 44.1 Å². The van der Waals surface area contributed by atoms with Crippen LogP contribution < -0.4 is 0 Å². The van der Waals surface area contributed by atoms with Gasteiger partial charge in [0.2, 0.25) is 0 Å². The molecule has 114 valence electrons. The maximum atomic E-state index is 2.31. The van der Waals surface area contributed by atoms with Gasteiger partial charge in [0, 0.05) is 4.90 Å². The van der Waals surface area contributed by atoms with Crippen LogP contribution in [0.4, 0.5) is 0 Å². The van der Waals surface area contributed by atoms with Crippen LogP contribution in [0.5, 0.6) is 0 Å². The minimum Gasteiger partial charge on any atom is -0.126 e. The van der Waals surface area contributed by atoms with E-state index in [4.69, 9.17) is 0 Å². The minimum atomic E-state index is 1.28. The number of thioether (sulfide) groups is 1. The largest absolute Gasteiger partial charge is 0.126 e. The van der Waals surface area contributed by atoms with Crippen molar-refractivity contribution in [1.29, 1.82) is 0 Å². The van der Waals surface area contributed by atoms with E-state index < -0.39 is 0 Å². The number of benzene rings is 1. The standard InChI is InChI=1S/C19H32S/c1-5-6-7-8-9-10-11-12-13-20-19-17(3)14-16(2)15-18(19)4/h14-15H,5-13H2,1-4H3. The monoisotopic (exact) mass is 292 g/mol. The van der Waals surface area contributed by atoms with Crippen molar-refractivity contribution in [3.05, 3.63) is 28.8 Å². The third kappa shape index (κ3) is 6.83. The molecule has 0 aliphatic carbocycles. The van der Waals surface area contributed by atoms with Crippen LogP contribution in [-0.4, -0.2) is 5.75 Å². The van der Waals surface area contributed by atoms with Crippen molar-refractivity contribution >= 4 is 11.8 Å². The lowest BCUT2D eigenvalue weighted by atomic mass is 10.1. The summed E-state index contributed by atoms with van der Waals surface area (Å²) >= 11 is 2.05. The average Bonchev–Trinajstić information content (AvgIpc) is 2.39. The molecule has 1 aromatic rings. The summed E-state index contributed by atoms with van der Waals surface area (Å²) in [5, 5.41) is 0. The molecule has 0 radical (unpaired) electrons. The molecule has 0 saturated carbocycles. The predicted molar refractivity (Wildman–Crippen MR) is 94.0 cm³/mol. The highest BCUT2D eigenvalue weighted by Crippen LogP contribution is 2.28. The van der Waals surface area contributed by atoms with Crippen molar-refractivity contribution < 1.29 is 0 Å². The topological polar surface area (TPSA) is 0 Å². The highest BCUT2D eigenvalue weighted by molar-refractivity contribution is 7.99. The summed E-state index contributed by atoms with van der Waals surface area (Å²) < 4.78 is 0. The molecule has 0 saturated heterocycles. The van der Waals surface area contributed by atoms with Gasteiger partial charge in [0.05, 0.1) is 0 Å². The molecule has 1 heteroatoms. The Kier molecular flexibility index (Phi) is 9.09. The van der Waals surface area contributed by atoms with Gasteiger partial charge < -0.3 is 0 Å². The maximum Gasteiger partial charge on any atom is 0.0131 e. The molecule has 0 aliphatic heterocycles. The summed E-state index contributed by atoms with van der Waals surface area (Å²) in [6.45, 7) is 8.96. The molecule has 0 heterocycles. The van der Waals surface area contributed by atoms with Gasteiger partial charge in [-0.2, -0.15) is 0 Å². The molecule has 1 aromatic carbocycles. The fourth-order valence-electron chi connectivity index (χ4n) is 2.80. The zero-order valence-electron chi connectivity index (χ0n) is 13.9. The van der Waals surface area contributed by atoms with Crippen LogP contribution in [0.15, 0.2) is 17.0 Å². The second-order valence-corrected chi connectivity index (χ2v) is 7.16. The highest BCUT2D eigenvalue weighted by Gasteiger charge is 2.04. The van der Waals surface area contributed by atoms with Crippen LogP contribution in [0.2, 0.25) is 0 Å². The van der Waals surface area contributed by atoms with E-state index in [9.17, 15) is 0 Å². The van der Waals surface area contributed by atoms with Gasteiger partial charge in [0.1, 0.15) is 0 Å². The van der Waals surface area contributed by atoms with E-state index in [-0.39, 0.29) is 0 Å². The zero-order chi connectivity index (χ0) is 14.8. The first kappa shape index (κ1) is 17.6. The second kappa shape index (κ2) is 10.3. The molecule has 0 spiro atoms. The summed E-state index contributed by atoms with van der Waals surface area (Å²) in [4.78, 5) is 1.51. The number of aryl methyl sites for hydroxylation is 3. The first-order chi connectivity index (χ1) is 9.65. The van der Waals surface area contributed by atoms with E-state index in [1.54, 1.807) is 0 Å². The van der Waals surface area contributed by atoms with Crippen LogP contribution >= 0.6 is 11.8 Å². The third-order valence-electron chi connectivity index (χ3n) is 3.85. The van der Waals surface area contributed by atoms with Crippen molar-refractivity contribution in [2.45, 2.75) is 84.0 Å². The Morgan fingerprint density at radius 2 is 1.25 bits per heavy atom. The Hall–Kier alpha value is -0.430. The molecule has 0 fully saturated rings. The lowest BCUT2D eigenvalue weighted by Gasteiger charge is -2.10. The van der Waals surface area contributed by atoms with Crippen LogP contribution in [0.1, 0.15) is 75.0 Å². The molecule has 1 rings (SSSR count). The quantitative estimate of drug-likeness (QED) is 0.336. The molecule has 0 atom stereocenters. The van der Waals surface area contributed by atoms with E-state index >= 15 is 0 Å². The van der Waals surface area contributed by atoms with E-state index in [1.807, 2.05) is 0 Å². The smallest absolute Gasteiger partial charge is 0.0131 e. The van der Waals surface area contributed by atoms with Crippen molar-refractivity contribution in [2.75, 3.05) is 5.75 Å². The van der Waals surface area contributed by atoms with Gasteiger partial charge in [-0.25, -0.2) is 0 Å². The Morgan fingerprint density at radius 1 is 0.750 bits per heavy atom. The van der Waals surface area contributed by atoms with Gasteiger partial charge in [0.25, 0.3) is 0 Å². The van der Waals surface area contributed by atoms with E-state index in [0.29, 0.717) is 0 Å². The predicted octanol–water partition coefficient (Wildman–Crippen LogP) is 6.84. The van der Waals surface area contributed by atoms with Gasteiger partial charge in [0.15, 0.2) is 0 Å². The van der Waals surface area contributed by atoms with Crippen molar-refractivity contribution in [3.8, 4) is 0 Å². The van der Waals surface area contributed by atoms with E-state index in [1.165, 1.54) is 78.7 Å². The van der Waals surface area contributed by atoms with Crippen molar-refractivity contribution in [3.63, 3.8) is 0 Å². The summed E-state index contributed by atoms with van der Waals surface area (Å²) in [6, 6.07) is 4.62. The summed E-state index contributed by atoms with van der Waals surface area (Å²) in [6.07, 6.45) is 11.3. The maximum absolute atomic E-state index is 2.31. The third-order valence-corrected chi connectivity index (χ3v) is 5.27. The Balaban J connectivity index is 2.13. The minimum absolute atomic E-state index is 1.28. The highest BCUT2D eigenvalue weighted by atomic mass is 32.2. The molecular weight excluding hydrogens is 260 g/mol. The number of hydrogen-bond donors (Lipinski definition) is 0. The normalized spacial score (nSPS) is 11.0. The zero-order valence-corrected chi connectivity index (χ0v) is 14.7. The molecule has 0 aliphatic rings. The van der Waals surface area contributed by atoms with Gasteiger partial charge >= 0.3 is 0 Å². The lowest BCUT2D eigenvalue weighted by molar-refractivity contribution is 0.586. The lowest BCUT2D eigenvalue weighted by Crippen LogP contribution is -1.90. The van der Waals surface area contributed by atoms with Crippen LogP contribution in [0, 0.1) is 20.8 Å². The SMILES string of the molecule is CCCCCCCCCCSc1c(C)cc(C)cc1C. The Bertz CT molecular complexity index is 358. The van der Waals surface area contributed by atoms with E-state index in [2.05, 4.69) is 51.6 Å². The first-order valence-electron chi connectivity index (χ1n) is 8.35. The number of hydrogen-bond acceptors (Lipinski definition) is 1. The molecule has 0 nitrogen and oxygen atoms in total. The molecule has 0 bridgehead atoms. The van der Waals surface area contributed by atoms with Gasteiger partial charge in [-0.1, -0.05) is 69.6 Å². The number of rotatable bonds is 10. The van der Waals surface area contributed by atoms with E-state index in [0.717, 1.165) is 0 Å². The van der Waals surface area contributed by atoms with Crippen LogP contribution in [-0.2, 0) is 0 Å². The van der Waals surface area contributed by atoms with Crippen LogP contribution in [0.25, 0.3) is 0 Å². The second-order valence-electron chi connectivity index (χ2n) is 6.05. The molecule has 0 aromatic heterocycles. The van der Waals surface area contributed by atoms with Gasteiger partial charge in [-0.15, -0.1) is 11.8 Å². The molecule has 0 unspecified atom stereocenters. The van der Waals surface area contributed by atoms with Gasteiger partial charge in [-0.3, -0.25) is 0 Å². The van der Waals surface area contributed by atoms with Crippen molar-refractivity contribution in [1.82, 2.24) is 0 Å². The molecule has 0 N–H and O–H groups in total. The molecule has 20 heavy (non-hydrogen) atoms. The molecular formula is C19H32S. The number of unbranched alkanes of at least 4 members (excludes halogenated alkanes) is 7.